The Morgan fingerprint density at radius 3 is 2.10 bits per heavy atom. The van der Waals surface area contributed by atoms with Gasteiger partial charge in [0.25, 0.3) is 5.91 Å². The van der Waals surface area contributed by atoms with E-state index < -0.39 is 28.5 Å². The molecule has 10 heteroatoms. The lowest BCUT2D eigenvalue weighted by Crippen LogP contribution is -2.21. The Morgan fingerprint density at radius 1 is 0.966 bits per heavy atom. The Hall–Kier alpha value is -3.11. The lowest BCUT2D eigenvalue weighted by molar-refractivity contribution is -0.147. The second-order valence-corrected chi connectivity index (χ2v) is 7.34. The van der Waals surface area contributed by atoms with E-state index in [9.17, 15) is 18.0 Å². The maximum atomic E-state index is 11.8. The van der Waals surface area contributed by atoms with Crippen molar-refractivity contribution in [3.8, 4) is 11.5 Å². The molecule has 0 radical (unpaired) electrons. The molecule has 3 N–H and O–H groups in total. The highest BCUT2D eigenvalue weighted by Gasteiger charge is 2.10. The highest BCUT2D eigenvalue weighted by Crippen LogP contribution is 2.17. The molecule has 0 aliphatic heterocycles. The summed E-state index contributed by atoms with van der Waals surface area (Å²) in [6.45, 7) is 2.09. The van der Waals surface area contributed by atoms with Gasteiger partial charge in [-0.2, -0.15) is 0 Å². The number of carbonyl (C=O) groups is 2. The maximum absolute atomic E-state index is 11.8. The molecule has 0 aliphatic rings. The average Bonchev–Trinajstić information content (AvgIpc) is 2.68. The van der Waals surface area contributed by atoms with Gasteiger partial charge in [0.15, 0.2) is 6.61 Å². The third kappa shape index (κ3) is 7.80. The summed E-state index contributed by atoms with van der Waals surface area (Å²) in [5.41, 5.74) is 0.345. The first-order chi connectivity index (χ1) is 13.8. The van der Waals surface area contributed by atoms with Gasteiger partial charge < -0.3 is 19.5 Å². The van der Waals surface area contributed by atoms with E-state index in [1.54, 1.807) is 24.3 Å². The molecule has 0 aromatic heterocycles. The summed E-state index contributed by atoms with van der Waals surface area (Å²) in [7, 11) is -3.80. The summed E-state index contributed by atoms with van der Waals surface area (Å²) in [6.07, 6.45) is -0.0243. The maximum Gasteiger partial charge on any atom is 0.309 e. The van der Waals surface area contributed by atoms with E-state index in [0.717, 1.165) is 5.75 Å². The minimum atomic E-state index is -3.80. The molecule has 0 spiro atoms. The van der Waals surface area contributed by atoms with Crippen LogP contribution in [-0.4, -0.2) is 40.1 Å². The predicted octanol–water partition coefficient (Wildman–Crippen LogP) is 1.68. The fourth-order valence-electron chi connectivity index (χ4n) is 2.19. The number of sulfonamides is 1. The molecular formula is C19H22N2O7S. The van der Waals surface area contributed by atoms with E-state index in [1.165, 1.54) is 24.3 Å². The number of amides is 1. The number of benzene rings is 2. The quantitative estimate of drug-likeness (QED) is 0.556. The van der Waals surface area contributed by atoms with E-state index >= 15 is 0 Å². The Morgan fingerprint density at radius 2 is 1.55 bits per heavy atom. The fraction of sp³-hybridized carbons (Fsp3) is 0.263. The van der Waals surface area contributed by atoms with Crippen LogP contribution in [0.3, 0.4) is 0 Å². The Kier molecular flexibility index (Phi) is 7.98. The van der Waals surface area contributed by atoms with E-state index in [1.807, 2.05) is 6.92 Å². The van der Waals surface area contributed by atoms with Crippen LogP contribution in [0.4, 0.5) is 5.69 Å². The second-order valence-electron chi connectivity index (χ2n) is 5.78. The van der Waals surface area contributed by atoms with E-state index in [0.29, 0.717) is 18.0 Å². The van der Waals surface area contributed by atoms with Gasteiger partial charge in [-0.3, -0.25) is 9.59 Å². The summed E-state index contributed by atoms with van der Waals surface area (Å²) in [4.78, 5) is 23.4. The van der Waals surface area contributed by atoms with Crippen LogP contribution in [-0.2, 0) is 24.3 Å². The van der Waals surface area contributed by atoms with Gasteiger partial charge >= 0.3 is 5.97 Å². The van der Waals surface area contributed by atoms with Crippen LogP contribution in [0.1, 0.15) is 13.3 Å². The summed E-state index contributed by atoms with van der Waals surface area (Å²) in [6, 6.07) is 12.3. The van der Waals surface area contributed by atoms with Gasteiger partial charge in [-0.05, 0) is 55.5 Å². The third-order valence-corrected chi connectivity index (χ3v) is 4.47. The average molecular weight is 422 g/mol. The summed E-state index contributed by atoms with van der Waals surface area (Å²) in [5, 5.41) is 7.48. The largest absolute Gasteiger partial charge is 0.494 e. The molecule has 2 aromatic rings. The molecule has 0 fully saturated rings. The molecule has 0 atom stereocenters. The fourth-order valence-corrected chi connectivity index (χ4v) is 2.71. The number of esters is 1. The van der Waals surface area contributed by atoms with Crippen molar-refractivity contribution in [2.75, 3.05) is 25.1 Å². The summed E-state index contributed by atoms with van der Waals surface area (Å²) >= 11 is 0. The van der Waals surface area contributed by atoms with Crippen LogP contribution in [0.5, 0.6) is 11.5 Å². The Labute approximate surface area is 168 Å². The lowest BCUT2D eigenvalue weighted by atomic mass is 10.3. The number of anilines is 1. The van der Waals surface area contributed by atoms with E-state index in [2.05, 4.69) is 5.32 Å². The zero-order chi connectivity index (χ0) is 21.3. The zero-order valence-corrected chi connectivity index (χ0v) is 16.6. The number of primary sulfonamides is 1. The molecule has 2 aromatic carbocycles. The van der Waals surface area contributed by atoms with Gasteiger partial charge in [-0.1, -0.05) is 0 Å². The van der Waals surface area contributed by atoms with Crippen molar-refractivity contribution in [2.45, 2.75) is 18.2 Å². The number of nitrogens with one attached hydrogen (secondary N) is 1. The number of nitrogens with two attached hydrogens (primary N) is 1. The first kappa shape index (κ1) is 22.2. The first-order valence-corrected chi connectivity index (χ1v) is 10.3. The Balaban J connectivity index is 1.68. The van der Waals surface area contributed by atoms with Gasteiger partial charge in [0, 0.05) is 5.69 Å². The smallest absolute Gasteiger partial charge is 0.309 e. The molecule has 0 saturated carbocycles. The van der Waals surface area contributed by atoms with Crippen molar-refractivity contribution >= 4 is 27.6 Å². The van der Waals surface area contributed by atoms with Crippen molar-refractivity contribution in [2.24, 2.45) is 5.14 Å². The van der Waals surface area contributed by atoms with Crippen LogP contribution in [0.15, 0.2) is 53.4 Å². The molecule has 9 nitrogen and oxygen atoms in total. The molecule has 2 rings (SSSR count). The third-order valence-electron chi connectivity index (χ3n) is 3.54. The number of carbonyl (C=O) groups excluding carboxylic acids is 2. The van der Waals surface area contributed by atoms with Crippen molar-refractivity contribution < 1.29 is 32.2 Å². The van der Waals surface area contributed by atoms with Crippen LogP contribution in [0, 0.1) is 0 Å². The van der Waals surface area contributed by atoms with Crippen molar-refractivity contribution in [1.29, 1.82) is 0 Å². The molecule has 0 heterocycles. The first-order valence-electron chi connectivity index (χ1n) is 8.72. The minimum absolute atomic E-state index is 0.0243. The van der Waals surface area contributed by atoms with E-state index in [4.69, 9.17) is 19.3 Å². The van der Waals surface area contributed by atoms with Gasteiger partial charge in [0.05, 0.1) is 24.5 Å². The highest BCUT2D eigenvalue weighted by molar-refractivity contribution is 7.89. The standard InChI is InChI=1S/C19H22N2O7S/c1-2-26-15-5-7-16(8-6-15)27-12-11-19(23)28-13-18(22)21-14-3-9-17(10-4-14)29(20,24)25/h3-10H,2,11-13H2,1H3,(H,21,22)(H2,20,24,25). The predicted molar refractivity (Wildman–Crippen MR) is 105 cm³/mol. The number of ether oxygens (including phenoxy) is 3. The molecule has 29 heavy (non-hydrogen) atoms. The van der Waals surface area contributed by atoms with Crippen LogP contribution >= 0.6 is 0 Å². The van der Waals surface area contributed by atoms with Crippen molar-refractivity contribution in [1.82, 2.24) is 0 Å². The topological polar surface area (TPSA) is 134 Å². The summed E-state index contributed by atoms with van der Waals surface area (Å²) in [5.74, 6) is 0.163. The lowest BCUT2D eigenvalue weighted by Gasteiger charge is -2.09. The van der Waals surface area contributed by atoms with Crippen LogP contribution in [0.25, 0.3) is 0 Å². The van der Waals surface area contributed by atoms with E-state index in [-0.39, 0.29) is 17.9 Å². The van der Waals surface area contributed by atoms with Crippen molar-refractivity contribution in [3.05, 3.63) is 48.5 Å². The van der Waals surface area contributed by atoms with Gasteiger partial charge in [-0.15, -0.1) is 0 Å². The molecule has 1 amide bonds. The van der Waals surface area contributed by atoms with Crippen molar-refractivity contribution in [3.63, 3.8) is 0 Å². The van der Waals surface area contributed by atoms with Gasteiger partial charge in [0.2, 0.25) is 10.0 Å². The number of hydrogen-bond donors (Lipinski definition) is 2. The SMILES string of the molecule is CCOc1ccc(OCCC(=O)OCC(=O)Nc2ccc(S(N)(=O)=O)cc2)cc1. The second kappa shape index (κ2) is 10.4. The Bertz CT molecular complexity index is 926. The molecule has 0 bridgehead atoms. The number of rotatable bonds is 10. The summed E-state index contributed by atoms with van der Waals surface area (Å²) < 4.78 is 38.0. The zero-order valence-electron chi connectivity index (χ0n) is 15.8. The number of hydrogen-bond acceptors (Lipinski definition) is 7. The normalized spacial score (nSPS) is 10.8. The van der Waals surface area contributed by atoms with Crippen LogP contribution in [0.2, 0.25) is 0 Å². The molecule has 156 valence electrons. The monoisotopic (exact) mass is 422 g/mol. The molecule has 0 unspecified atom stereocenters. The highest BCUT2D eigenvalue weighted by atomic mass is 32.2. The molecule has 0 saturated heterocycles. The molecular weight excluding hydrogens is 400 g/mol. The minimum Gasteiger partial charge on any atom is -0.494 e. The molecule has 0 aliphatic carbocycles. The van der Waals surface area contributed by atoms with Gasteiger partial charge in [-0.25, -0.2) is 13.6 Å². The van der Waals surface area contributed by atoms with Gasteiger partial charge in [0.1, 0.15) is 11.5 Å². The van der Waals surface area contributed by atoms with Crippen LogP contribution < -0.4 is 19.9 Å².